The zero-order chi connectivity index (χ0) is 9.42. The predicted octanol–water partition coefficient (Wildman–Crippen LogP) is 0.552. The quantitative estimate of drug-likeness (QED) is 0.646. The Morgan fingerprint density at radius 2 is 2.00 bits per heavy atom. The summed E-state index contributed by atoms with van der Waals surface area (Å²) in [5, 5.41) is 17.9. The lowest BCUT2D eigenvalue weighted by atomic mass is 9.78. The van der Waals surface area contributed by atoms with Crippen molar-refractivity contribution in [1.29, 1.82) is 0 Å². The van der Waals surface area contributed by atoms with Gasteiger partial charge in [-0.2, -0.15) is 0 Å². The van der Waals surface area contributed by atoms with Gasteiger partial charge in [-0.3, -0.25) is 0 Å². The summed E-state index contributed by atoms with van der Waals surface area (Å²) >= 11 is 0. The highest BCUT2D eigenvalue weighted by Gasteiger charge is 2.25. The molecule has 0 unspecified atom stereocenters. The van der Waals surface area contributed by atoms with Gasteiger partial charge >= 0.3 is 7.12 Å². The van der Waals surface area contributed by atoms with Gasteiger partial charge < -0.3 is 10.0 Å². The molecule has 2 nitrogen and oxygen atoms in total. The van der Waals surface area contributed by atoms with E-state index in [0.29, 0.717) is 5.46 Å². The van der Waals surface area contributed by atoms with E-state index >= 15 is 0 Å². The van der Waals surface area contributed by atoms with Crippen molar-refractivity contribution < 1.29 is 10.0 Å². The van der Waals surface area contributed by atoms with Gasteiger partial charge in [0.15, 0.2) is 0 Å². The standard InChI is InChI=1S/C10H13BO2/c1-7-6-9(11(12)13)4-5-10(7)8-2-3-8/h4-6,8,12-13H,2-3H2,1H3. The van der Waals surface area contributed by atoms with Crippen molar-refractivity contribution in [2.45, 2.75) is 25.7 Å². The van der Waals surface area contributed by atoms with Crippen LogP contribution in [0.1, 0.15) is 29.9 Å². The largest absolute Gasteiger partial charge is 0.488 e. The molecule has 0 amide bonds. The molecule has 1 aliphatic carbocycles. The Labute approximate surface area is 78.4 Å². The minimum atomic E-state index is -1.34. The molecule has 0 radical (unpaired) electrons. The molecule has 1 saturated carbocycles. The van der Waals surface area contributed by atoms with Crippen LogP contribution >= 0.6 is 0 Å². The summed E-state index contributed by atoms with van der Waals surface area (Å²) in [4.78, 5) is 0. The Kier molecular flexibility index (Phi) is 2.14. The van der Waals surface area contributed by atoms with E-state index < -0.39 is 7.12 Å². The van der Waals surface area contributed by atoms with Crippen molar-refractivity contribution in [3.05, 3.63) is 29.3 Å². The zero-order valence-corrected chi connectivity index (χ0v) is 7.70. The average Bonchev–Trinajstić information content (AvgIpc) is 2.87. The molecule has 2 rings (SSSR count). The molecular weight excluding hydrogens is 163 g/mol. The van der Waals surface area contributed by atoms with Crippen molar-refractivity contribution in [3.8, 4) is 0 Å². The Morgan fingerprint density at radius 1 is 1.31 bits per heavy atom. The molecule has 1 aromatic carbocycles. The van der Waals surface area contributed by atoms with Crippen LogP contribution < -0.4 is 5.46 Å². The molecule has 2 N–H and O–H groups in total. The van der Waals surface area contributed by atoms with Crippen molar-refractivity contribution in [1.82, 2.24) is 0 Å². The molecular formula is C10H13BO2. The van der Waals surface area contributed by atoms with Crippen LogP contribution in [-0.2, 0) is 0 Å². The molecule has 3 heteroatoms. The molecule has 13 heavy (non-hydrogen) atoms. The fraction of sp³-hybridized carbons (Fsp3) is 0.400. The molecule has 0 bridgehead atoms. The SMILES string of the molecule is Cc1cc(B(O)O)ccc1C1CC1. The average molecular weight is 176 g/mol. The highest BCUT2D eigenvalue weighted by molar-refractivity contribution is 6.58. The van der Waals surface area contributed by atoms with Crippen LogP contribution in [0.4, 0.5) is 0 Å². The van der Waals surface area contributed by atoms with Gasteiger partial charge in [-0.25, -0.2) is 0 Å². The van der Waals surface area contributed by atoms with E-state index in [9.17, 15) is 0 Å². The minimum absolute atomic E-state index is 0.585. The summed E-state index contributed by atoms with van der Waals surface area (Å²) in [7, 11) is -1.34. The van der Waals surface area contributed by atoms with E-state index in [4.69, 9.17) is 10.0 Å². The van der Waals surface area contributed by atoms with Gasteiger partial charge in [0, 0.05) is 0 Å². The number of aryl methyl sites for hydroxylation is 1. The van der Waals surface area contributed by atoms with E-state index in [1.54, 1.807) is 6.07 Å². The van der Waals surface area contributed by atoms with E-state index in [1.807, 2.05) is 19.1 Å². The number of hydrogen-bond donors (Lipinski definition) is 2. The third kappa shape index (κ3) is 1.76. The van der Waals surface area contributed by atoms with Crippen LogP contribution in [0.5, 0.6) is 0 Å². The second-order valence-electron chi connectivity index (χ2n) is 3.76. The lowest BCUT2D eigenvalue weighted by Gasteiger charge is -2.06. The van der Waals surface area contributed by atoms with Gasteiger partial charge in [0.1, 0.15) is 0 Å². The van der Waals surface area contributed by atoms with Crippen LogP contribution in [0.2, 0.25) is 0 Å². The third-order valence-electron chi connectivity index (χ3n) is 2.61. The summed E-state index contributed by atoms with van der Waals surface area (Å²) in [5.74, 6) is 0.727. The summed E-state index contributed by atoms with van der Waals surface area (Å²) in [6.45, 7) is 2.03. The molecule has 1 fully saturated rings. The van der Waals surface area contributed by atoms with Crippen molar-refractivity contribution in [3.63, 3.8) is 0 Å². The molecule has 68 valence electrons. The van der Waals surface area contributed by atoms with Gasteiger partial charge in [-0.05, 0) is 42.3 Å². The molecule has 0 saturated heterocycles. The van der Waals surface area contributed by atoms with Crippen molar-refractivity contribution in [2.75, 3.05) is 0 Å². The van der Waals surface area contributed by atoms with Crippen LogP contribution in [0.15, 0.2) is 18.2 Å². The lowest BCUT2D eigenvalue weighted by molar-refractivity contribution is 0.425. The Balaban J connectivity index is 2.31. The number of benzene rings is 1. The van der Waals surface area contributed by atoms with E-state index in [0.717, 1.165) is 5.92 Å². The highest BCUT2D eigenvalue weighted by atomic mass is 16.4. The maximum absolute atomic E-state index is 8.95. The summed E-state index contributed by atoms with van der Waals surface area (Å²) in [6, 6.07) is 5.67. The first-order valence-electron chi connectivity index (χ1n) is 4.65. The van der Waals surface area contributed by atoms with Gasteiger partial charge in [-0.15, -0.1) is 0 Å². The molecule has 0 heterocycles. The van der Waals surface area contributed by atoms with Gasteiger partial charge in [0.05, 0.1) is 0 Å². The monoisotopic (exact) mass is 176 g/mol. The Hall–Kier alpha value is -0.795. The van der Waals surface area contributed by atoms with Crippen LogP contribution in [0.3, 0.4) is 0 Å². The Morgan fingerprint density at radius 3 is 2.46 bits per heavy atom. The van der Waals surface area contributed by atoms with Crippen LogP contribution in [0.25, 0.3) is 0 Å². The van der Waals surface area contributed by atoms with Crippen molar-refractivity contribution in [2.24, 2.45) is 0 Å². The van der Waals surface area contributed by atoms with E-state index in [2.05, 4.69) is 0 Å². The molecule has 0 atom stereocenters. The first-order valence-corrected chi connectivity index (χ1v) is 4.65. The second kappa shape index (κ2) is 3.16. The fourth-order valence-corrected chi connectivity index (χ4v) is 1.71. The summed E-state index contributed by atoms with van der Waals surface area (Å²) in [6.07, 6.45) is 2.56. The zero-order valence-electron chi connectivity index (χ0n) is 7.70. The molecule has 0 aliphatic heterocycles. The third-order valence-corrected chi connectivity index (χ3v) is 2.61. The second-order valence-corrected chi connectivity index (χ2v) is 3.76. The maximum Gasteiger partial charge on any atom is 0.488 e. The van der Waals surface area contributed by atoms with Crippen LogP contribution in [-0.4, -0.2) is 17.2 Å². The van der Waals surface area contributed by atoms with Gasteiger partial charge in [0.25, 0.3) is 0 Å². The predicted molar refractivity (Wildman–Crippen MR) is 53.0 cm³/mol. The summed E-state index contributed by atoms with van der Waals surface area (Å²) < 4.78 is 0. The fourth-order valence-electron chi connectivity index (χ4n) is 1.71. The van der Waals surface area contributed by atoms with E-state index in [-0.39, 0.29) is 0 Å². The molecule has 1 aliphatic rings. The highest BCUT2D eigenvalue weighted by Crippen LogP contribution is 2.41. The van der Waals surface area contributed by atoms with Crippen molar-refractivity contribution >= 4 is 12.6 Å². The van der Waals surface area contributed by atoms with Gasteiger partial charge in [-0.1, -0.05) is 18.2 Å². The lowest BCUT2D eigenvalue weighted by Crippen LogP contribution is -2.29. The minimum Gasteiger partial charge on any atom is -0.423 e. The first-order chi connectivity index (χ1) is 6.18. The summed E-state index contributed by atoms with van der Waals surface area (Å²) in [5.41, 5.74) is 3.12. The molecule has 1 aromatic rings. The molecule has 0 aromatic heterocycles. The van der Waals surface area contributed by atoms with Gasteiger partial charge in [0.2, 0.25) is 0 Å². The smallest absolute Gasteiger partial charge is 0.423 e. The number of rotatable bonds is 2. The first kappa shape index (κ1) is 8.79. The maximum atomic E-state index is 8.95. The van der Waals surface area contributed by atoms with E-state index in [1.165, 1.54) is 24.0 Å². The molecule has 0 spiro atoms. The number of hydrogen-bond acceptors (Lipinski definition) is 2. The van der Waals surface area contributed by atoms with Crippen LogP contribution in [0, 0.1) is 6.92 Å². The normalized spacial score (nSPS) is 15.9. The topological polar surface area (TPSA) is 40.5 Å². The Bertz CT molecular complexity index is 319.